The van der Waals surface area contributed by atoms with Gasteiger partial charge in [0.1, 0.15) is 5.75 Å². The van der Waals surface area contributed by atoms with Crippen LogP contribution in [-0.4, -0.2) is 49.7 Å². The van der Waals surface area contributed by atoms with Gasteiger partial charge >= 0.3 is 6.09 Å². The summed E-state index contributed by atoms with van der Waals surface area (Å²) in [4.78, 5) is 28.3. The summed E-state index contributed by atoms with van der Waals surface area (Å²) in [7, 11) is 1.64. The van der Waals surface area contributed by atoms with Crippen LogP contribution in [0.2, 0.25) is 0 Å². The Morgan fingerprint density at radius 1 is 1.29 bits per heavy atom. The first-order valence-corrected chi connectivity index (χ1v) is 10.3. The molecule has 6 nitrogen and oxygen atoms in total. The summed E-state index contributed by atoms with van der Waals surface area (Å²) >= 11 is 1.51. The van der Waals surface area contributed by atoms with E-state index in [2.05, 4.69) is 5.32 Å². The number of hydrogen-bond donors (Lipinski definition) is 1. The van der Waals surface area contributed by atoms with Gasteiger partial charge in [0.05, 0.1) is 18.6 Å². The third kappa shape index (κ3) is 4.65. The van der Waals surface area contributed by atoms with Gasteiger partial charge in [-0.15, -0.1) is 11.3 Å². The molecule has 3 rings (SSSR count). The highest BCUT2D eigenvalue weighted by Gasteiger charge is 2.27. The second-order valence-corrected chi connectivity index (χ2v) is 8.02. The number of nitrogens with one attached hydrogen (secondary N) is 1. The molecule has 1 saturated heterocycles. The van der Waals surface area contributed by atoms with Crippen molar-refractivity contribution in [2.45, 2.75) is 32.7 Å². The van der Waals surface area contributed by atoms with Crippen molar-refractivity contribution >= 4 is 23.3 Å². The molecular formula is C21H26N2O4S. The lowest BCUT2D eigenvalue weighted by atomic mass is 10.0. The number of alkyl carbamates (subject to hydrolysis) is 1. The van der Waals surface area contributed by atoms with Crippen LogP contribution >= 0.6 is 11.3 Å². The molecule has 2 heterocycles. The normalized spacial score (nSPS) is 16.5. The molecule has 1 aliphatic rings. The molecule has 1 aromatic heterocycles. The van der Waals surface area contributed by atoms with Crippen LogP contribution in [0.25, 0.3) is 11.1 Å². The molecule has 2 amide bonds. The van der Waals surface area contributed by atoms with E-state index >= 15 is 0 Å². The first kappa shape index (κ1) is 20.2. The van der Waals surface area contributed by atoms with E-state index in [9.17, 15) is 9.59 Å². The molecule has 2 aromatic rings. The van der Waals surface area contributed by atoms with E-state index in [0.29, 0.717) is 19.7 Å². The summed E-state index contributed by atoms with van der Waals surface area (Å²) in [6, 6.07) is 9.74. The Balaban J connectivity index is 1.71. The molecule has 0 spiro atoms. The number of nitrogens with zero attached hydrogens (tertiary/aromatic N) is 1. The number of amides is 2. The minimum atomic E-state index is -0.421. The largest absolute Gasteiger partial charge is 0.497 e. The van der Waals surface area contributed by atoms with E-state index in [4.69, 9.17) is 9.47 Å². The molecule has 1 N–H and O–H groups in total. The maximum Gasteiger partial charge on any atom is 0.407 e. The number of methoxy groups -OCH3 is 1. The maximum atomic E-state index is 13.0. The molecular weight excluding hydrogens is 376 g/mol. The number of benzene rings is 1. The molecule has 0 aliphatic carbocycles. The SMILES string of the molecule is CCOC(=O)NC1CCCN(C(=O)c2cc(-c3ccc(OC)cc3)c(C)s2)C1. The summed E-state index contributed by atoms with van der Waals surface area (Å²) in [5, 5.41) is 2.85. The van der Waals surface area contributed by atoms with Crippen LogP contribution in [0.5, 0.6) is 5.75 Å². The van der Waals surface area contributed by atoms with Gasteiger partial charge in [-0.25, -0.2) is 4.79 Å². The van der Waals surface area contributed by atoms with E-state index in [0.717, 1.165) is 39.5 Å². The van der Waals surface area contributed by atoms with Gasteiger partial charge in [-0.3, -0.25) is 4.79 Å². The predicted molar refractivity (Wildman–Crippen MR) is 110 cm³/mol. The zero-order valence-corrected chi connectivity index (χ0v) is 17.3. The smallest absolute Gasteiger partial charge is 0.407 e. The van der Waals surface area contributed by atoms with Gasteiger partial charge < -0.3 is 19.7 Å². The summed E-state index contributed by atoms with van der Waals surface area (Å²) in [5.74, 6) is 0.824. The molecule has 1 aliphatic heterocycles. The first-order valence-electron chi connectivity index (χ1n) is 9.49. The molecule has 1 unspecified atom stereocenters. The molecule has 1 fully saturated rings. The maximum absolute atomic E-state index is 13.0. The fourth-order valence-electron chi connectivity index (χ4n) is 3.42. The number of carbonyl (C=O) groups excluding carboxylic acids is 2. The minimum Gasteiger partial charge on any atom is -0.497 e. The third-order valence-corrected chi connectivity index (χ3v) is 5.87. The summed E-state index contributed by atoms with van der Waals surface area (Å²) in [6.45, 7) is 5.35. The van der Waals surface area contributed by atoms with Crippen LogP contribution in [-0.2, 0) is 4.74 Å². The standard InChI is InChI=1S/C21H26N2O4S/c1-4-27-21(25)22-16-6-5-11-23(13-16)20(24)19-12-18(14(2)28-19)15-7-9-17(26-3)10-8-15/h7-10,12,16H,4-6,11,13H2,1-3H3,(H,22,25). The molecule has 0 radical (unpaired) electrons. The summed E-state index contributed by atoms with van der Waals surface area (Å²) in [5.41, 5.74) is 2.13. The topological polar surface area (TPSA) is 67.9 Å². The van der Waals surface area contributed by atoms with Crippen molar-refractivity contribution in [1.82, 2.24) is 10.2 Å². The van der Waals surface area contributed by atoms with E-state index in [1.165, 1.54) is 11.3 Å². The first-order chi connectivity index (χ1) is 13.5. The average Bonchev–Trinajstić information content (AvgIpc) is 3.09. The Hall–Kier alpha value is -2.54. The van der Waals surface area contributed by atoms with Crippen molar-refractivity contribution in [1.29, 1.82) is 0 Å². The Morgan fingerprint density at radius 2 is 2.04 bits per heavy atom. The number of likely N-dealkylation sites (tertiary alicyclic amines) is 1. The van der Waals surface area contributed by atoms with Gasteiger partial charge in [0.15, 0.2) is 0 Å². The van der Waals surface area contributed by atoms with Crippen molar-refractivity contribution in [3.63, 3.8) is 0 Å². The van der Waals surface area contributed by atoms with Crippen molar-refractivity contribution < 1.29 is 19.1 Å². The van der Waals surface area contributed by atoms with E-state index < -0.39 is 6.09 Å². The Labute approximate surface area is 169 Å². The molecule has 1 aromatic carbocycles. The lowest BCUT2D eigenvalue weighted by Crippen LogP contribution is -2.49. The van der Waals surface area contributed by atoms with Gasteiger partial charge in [0.2, 0.25) is 0 Å². The average molecular weight is 403 g/mol. The van der Waals surface area contributed by atoms with Crippen molar-refractivity contribution in [3.8, 4) is 16.9 Å². The van der Waals surface area contributed by atoms with Gasteiger partial charge in [-0.2, -0.15) is 0 Å². The van der Waals surface area contributed by atoms with Crippen LogP contribution in [0.1, 0.15) is 34.3 Å². The summed E-state index contributed by atoms with van der Waals surface area (Å²) in [6.07, 6.45) is 1.29. The fraction of sp³-hybridized carbons (Fsp3) is 0.429. The molecule has 7 heteroatoms. The zero-order valence-electron chi connectivity index (χ0n) is 16.5. The van der Waals surface area contributed by atoms with Crippen molar-refractivity contribution in [2.24, 2.45) is 0 Å². The molecule has 28 heavy (non-hydrogen) atoms. The number of hydrogen-bond acceptors (Lipinski definition) is 5. The van der Waals surface area contributed by atoms with Gasteiger partial charge in [-0.1, -0.05) is 12.1 Å². The monoisotopic (exact) mass is 402 g/mol. The number of aryl methyl sites for hydroxylation is 1. The highest BCUT2D eigenvalue weighted by atomic mass is 32.1. The summed E-state index contributed by atoms with van der Waals surface area (Å²) < 4.78 is 10.2. The van der Waals surface area contributed by atoms with Gasteiger partial charge in [-0.05, 0) is 56.0 Å². The highest BCUT2D eigenvalue weighted by Crippen LogP contribution is 2.33. The fourth-order valence-corrected chi connectivity index (χ4v) is 4.43. The van der Waals surface area contributed by atoms with Crippen molar-refractivity contribution in [2.75, 3.05) is 26.8 Å². The number of carbonyl (C=O) groups is 2. The molecule has 150 valence electrons. The number of piperidine rings is 1. The van der Waals surface area contributed by atoms with Crippen molar-refractivity contribution in [3.05, 3.63) is 40.1 Å². The Kier molecular flexibility index (Phi) is 6.57. The van der Waals surface area contributed by atoms with E-state index in [-0.39, 0.29) is 11.9 Å². The van der Waals surface area contributed by atoms with E-state index in [1.807, 2.05) is 42.2 Å². The molecule has 0 saturated carbocycles. The van der Waals surface area contributed by atoms with Crippen LogP contribution in [0.4, 0.5) is 4.79 Å². The van der Waals surface area contributed by atoms with Crippen LogP contribution in [0, 0.1) is 6.92 Å². The number of thiophene rings is 1. The van der Waals surface area contributed by atoms with Crippen LogP contribution in [0.15, 0.2) is 30.3 Å². The third-order valence-electron chi connectivity index (χ3n) is 4.84. The second-order valence-electron chi connectivity index (χ2n) is 6.76. The highest BCUT2D eigenvalue weighted by molar-refractivity contribution is 7.14. The Bertz CT molecular complexity index is 831. The molecule has 0 bridgehead atoms. The number of ether oxygens (including phenoxy) is 2. The second kappa shape index (κ2) is 9.10. The quantitative estimate of drug-likeness (QED) is 0.818. The predicted octanol–water partition coefficient (Wildman–Crippen LogP) is 4.08. The van der Waals surface area contributed by atoms with Gasteiger partial charge in [0, 0.05) is 24.0 Å². The van der Waals surface area contributed by atoms with Crippen LogP contribution in [0.3, 0.4) is 0 Å². The molecule has 1 atom stereocenters. The minimum absolute atomic E-state index is 0.0169. The Morgan fingerprint density at radius 3 is 2.71 bits per heavy atom. The van der Waals surface area contributed by atoms with E-state index in [1.54, 1.807) is 14.0 Å². The van der Waals surface area contributed by atoms with Gasteiger partial charge in [0.25, 0.3) is 5.91 Å². The lowest BCUT2D eigenvalue weighted by Gasteiger charge is -2.32. The number of rotatable bonds is 5. The van der Waals surface area contributed by atoms with Crippen LogP contribution < -0.4 is 10.1 Å². The zero-order chi connectivity index (χ0) is 20.1. The lowest BCUT2D eigenvalue weighted by molar-refractivity contribution is 0.0691.